The number of hydrogen-bond donors (Lipinski definition) is 1. The van der Waals surface area contributed by atoms with Gasteiger partial charge in [-0.2, -0.15) is 5.10 Å². The van der Waals surface area contributed by atoms with Crippen LogP contribution in [0.3, 0.4) is 0 Å². The van der Waals surface area contributed by atoms with Crippen LogP contribution in [0.25, 0.3) is 0 Å². The van der Waals surface area contributed by atoms with Crippen molar-refractivity contribution in [3.63, 3.8) is 0 Å². The molecule has 1 aromatic rings. The largest absolute Gasteiger partial charge is 0.370 e. The molecule has 4 heteroatoms. The maximum absolute atomic E-state index is 6.10. The monoisotopic (exact) mass is 293 g/mol. The van der Waals surface area contributed by atoms with Gasteiger partial charge in [0.05, 0.1) is 23.9 Å². The standard InChI is InChI=1S/C17H31N3O/c1-6-10-18-11-8-16-13(2)19-20(14(16)3)12-15-7-9-17(4,5)21-15/h15,18H,6-12H2,1-5H3. The Labute approximate surface area is 129 Å². The van der Waals surface area contributed by atoms with Crippen LogP contribution in [0, 0.1) is 13.8 Å². The first kappa shape index (κ1) is 16.5. The van der Waals surface area contributed by atoms with Crippen LogP contribution in [-0.2, 0) is 17.7 Å². The lowest BCUT2D eigenvalue weighted by atomic mass is 10.1. The number of aromatic nitrogens is 2. The summed E-state index contributed by atoms with van der Waals surface area (Å²) >= 11 is 0. The van der Waals surface area contributed by atoms with Crippen LogP contribution in [0.1, 0.15) is 57.0 Å². The summed E-state index contributed by atoms with van der Waals surface area (Å²) in [6, 6.07) is 0. The highest BCUT2D eigenvalue weighted by Crippen LogP contribution is 2.30. The highest BCUT2D eigenvalue weighted by Gasteiger charge is 2.32. The zero-order valence-corrected chi connectivity index (χ0v) is 14.3. The van der Waals surface area contributed by atoms with E-state index in [1.165, 1.54) is 23.4 Å². The Bertz CT molecular complexity index is 465. The van der Waals surface area contributed by atoms with Gasteiger partial charge in [0.2, 0.25) is 0 Å². The lowest BCUT2D eigenvalue weighted by Gasteiger charge is -2.19. The Morgan fingerprint density at radius 2 is 2.10 bits per heavy atom. The summed E-state index contributed by atoms with van der Waals surface area (Å²) in [4.78, 5) is 0. The highest BCUT2D eigenvalue weighted by molar-refractivity contribution is 5.25. The SMILES string of the molecule is CCCNCCc1c(C)nn(CC2CCC(C)(C)O2)c1C. The molecule has 1 aromatic heterocycles. The molecule has 0 radical (unpaired) electrons. The van der Waals surface area contributed by atoms with Crippen LogP contribution in [-0.4, -0.2) is 34.6 Å². The van der Waals surface area contributed by atoms with Crippen molar-refractivity contribution < 1.29 is 4.74 Å². The molecule has 1 aliphatic heterocycles. The molecule has 0 bridgehead atoms. The third-order valence-electron chi connectivity index (χ3n) is 4.44. The van der Waals surface area contributed by atoms with Crippen molar-refractivity contribution in [3.05, 3.63) is 17.0 Å². The minimum absolute atomic E-state index is 0.0354. The van der Waals surface area contributed by atoms with Gasteiger partial charge >= 0.3 is 0 Å². The summed E-state index contributed by atoms with van der Waals surface area (Å²) in [5.74, 6) is 0. The van der Waals surface area contributed by atoms with E-state index in [4.69, 9.17) is 9.84 Å². The van der Waals surface area contributed by atoms with Gasteiger partial charge in [-0.05, 0) is 72.0 Å². The molecule has 2 rings (SSSR count). The number of nitrogens with zero attached hydrogens (tertiary/aromatic N) is 2. The van der Waals surface area contributed by atoms with Crippen LogP contribution >= 0.6 is 0 Å². The molecular formula is C17H31N3O. The molecule has 1 aliphatic rings. The number of nitrogens with one attached hydrogen (secondary N) is 1. The normalized spacial score (nSPS) is 21.1. The van der Waals surface area contributed by atoms with Crippen LogP contribution in [0.15, 0.2) is 0 Å². The zero-order chi connectivity index (χ0) is 15.5. The summed E-state index contributed by atoms with van der Waals surface area (Å²) in [7, 11) is 0. The average Bonchev–Trinajstić information content (AvgIpc) is 2.88. The fourth-order valence-electron chi connectivity index (χ4n) is 3.19. The third kappa shape index (κ3) is 4.30. The molecular weight excluding hydrogens is 262 g/mol. The predicted octanol–water partition coefficient (Wildman–Crippen LogP) is 3.00. The maximum Gasteiger partial charge on any atom is 0.0779 e. The second-order valence-corrected chi connectivity index (χ2v) is 6.87. The summed E-state index contributed by atoms with van der Waals surface area (Å²) in [5, 5.41) is 8.20. The molecule has 4 nitrogen and oxygen atoms in total. The Balaban J connectivity index is 1.95. The van der Waals surface area contributed by atoms with Gasteiger partial charge in [0.15, 0.2) is 0 Å². The molecule has 1 saturated heterocycles. The van der Waals surface area contributed by atoms with E-state index in [0.29, 0.717) is 6.10 Å². The van der Waals surface area contributed by atoms with Crippen LogP contribution < -0.4 is 5.32 Å². The summed E-state index contributed by atoms with van der Waals surface area (Å²) in [5.41, 5.74) is 3.91. The number of rotatable bonds is 7. The number of ether oxygens (including phenoxy) is 1. The van der Waals surface area contributed by atoms with E-state index in [1.807, 2.05) is 0 Å². The molecule has 0 aromatic carbocycles. The highest BCUT2D eigenvalue weighted by atomic mass is 16.5. The van der Waals surface area contributed by atoms with Gasteiger partial charge < -0.3 is 10.1 Å². The molecule has 2 heterocycles. The van der Waals surface area contributed by atoms with Gasteiger partial charge in [0, 0.05) is 5.69 Å². The van der Waals surface area contributed by atoms with Crippen molar-refractivity contribution in [3.8, 4) is 0 Å². The molecule has 1 fully saturated rings. The summed E-state index contributed by atoms with van der Waals surface area (Å²) < 4.78 is 8.25. The van der Waals surface area contributed by atoms with Gasteiger partial charge in [-0.25, -0.2) is 0 Å². The zero-order valence-electron chi connectivity index (χ0n) is 14.3. The average molecular weight is 293 g/mol. The van der Waals surface area contributed by atoms with Crippen molar-refractivity contribution in [2.24, 2.45) is 0 Å². The van der Waals surface area contributed by atoms with Crippen LogP contribution in [0.2, 0.25) is 0 Å². The van der Waals surface area contributed by atoms with E-state index < -0.39 is 0 Å². The molecule has 120 valence electrons. The second kappa shape index (κ2) is 6.93. The topological polar surface area (TPSA) is 39.1 Å². The first-order chi connectivity index (χ1) is 9.93. The van der Waals surface area contributed by atoms with Crippen LogP contribution in [0.4, 0.5) is 0 Å². The Kier molecular flexibility index (Phi) is 5.44. The summed E-state index contributed by atoms with van der Waals surface area (Å²) in [6.45, 7) is 13.9. The molecule has 0 spiro atoms. The van der Waals surface area contributed by atoms with Gasteiger partial charge in [0.1, 0.15) is 0 Å². The van der Waals surface area contributed by atoms with E-state index in [9.17, 15) is 0 Å². The first-order valence-corrected chi connectivity index (χ1v) is 8.34. The van der Waals surface area contributed by atoms with Gasteiger partial charge in [-0.1, -0.05) is 6.92 Å². The Hall–Kier alpha value is -0.870. The first-order valence-electron chi connectivity index (χ1n) is 8.34. The minimum atomic E-state index is 0.0354. The van der Waals surface area contributed by atoms with E-state index in [-0.39, 0.29) is 5.60 Å². The Morgan fingerprint density at radius 1 is 1.33 bits per heavy atom. The van der Waals surface area contributed by atoms with E-state index >= 15 is 0 Å². The summed E-state index contributed by atoms with van der Waals surface area (Å²) in [6.07, 6.45) is 4.84. The van der Waals surface area contributed by atoms with E-state index in [0.717, 1.165) is 38.9 Å². The molecule has 21 heavy (non-hydrogen) atoms. The fraction of sp³-hybridized carbons (Fsp3) is 0.824. The molecule has 1 N–H and O–H groups in total. The molecule has 1 unspecified atom stereocenters. The van der Waals surface area contributed by atoms with Crippen molar-refractivity contribution in [1.29, 1.82) is 0 Å². The molecule has 0 saturated carbocycles. The van der Waals surface area contributed by atoms with E-state index in [1.54, 1.807) is 0 Å². The number of aryl methyl sites for hydroxylation is 1. The van der Waals surface area contributed by atoms with Crippen molar-refractivity contribution in [2.75, 3.05) is 13.1 Å². The van der Waals surface area contributed by atoms with Crippen molar-refractivity contribution in [2.45, 2.75) is 78.6 Å². The molecule has 0 amide bonds. The van der Waals surface area contributed by atoms with Crippen molar-refractivity contribution >= 4 is 0 Å². The maximum atomic E-state index is 6.10. The van der Waals surface area contributed by atoms with Gasteiger partial charge in [0.25, 0.3) is 0 Å². The Morgan fingerprint density at radius 3 is 2.71 bits per heavy atom. The third-order valence-corrected chi connectivity index (χ3v) is 4.44. The van der Waals surface area contributed by atoms with Gasteiger partial charge in [-0.15, -0.1) is 0 Å². The minimum Gasteiger partial charge on any atom is -0.370 e. The second-order valence-electron chi connectivity index (χ2n) is 6.87. The predicted molar refractivity (Wildman–Crippen MR) is 86.8 cm³/mol. The smallest absolute Gasteiger partial charge is 0.0779 e. The van der Waals surface area contributed by atoms with Crippen LogP contribution in [0.5, 0.6) is 0 Å². The molecule has 0 aliphatic carbocycles. The number of hydrogen-bond acceptors (Lipinski definition) is 3. The van der Waals surface area contributed by atoms with E-state index in [2.05, 4.69) is 44.6 Å². The lowest BCUT2D eigenvalue weighted by molar-refractivity contribution is -0.0232. The van der Waals surface area contributed by atoms with Gasteiger partial charge in [-0.3, -0.25) is 4.68 Å². The lowest BCUT2D eigenvalue weighted by Crippen LogP contribution is -2.24. The van der Waals surface area contributed by atoms with Crippen molar-refractivity contribution in [1.82, 2.24) is 15.1 Å². The quantitative estimate of drug-likeness (QED) is 0.786. The fourth-order valence-corrected chi connectivity index (χ4v) is 3.19. The molecule has 1 atom stereocenters.